The van der Waals surface area contributed by atoms with Gasteiger partial charge in [0.15, 0.2) is 0 Å². The first kappa shape index (κ1) is 28.8. The zero-order chi connectivity index (χ0) is 30.5. The summed E-state index contributed by atoms with van der Waals surface area (Å²) in [6, 6.07) is 33.0. The molecule has 7 nitrogen and oxygen atoms in total. The number of rotatable bonds is 7. The summed E-state index contributed by atoms with van der Waals surface area (Å²) in [7, 11) is 1.58. The van der Waals surface area contributed by atoms with Gasteiger partial charge in [-0.1, -0.05) is 78.9 Å². The molecule has 6 rings (SSSR count). The molecule has 7 heteroatoms. The van der Waals surface area contributed by atoms with Crippen molar-refractivity contribution in [3.05, 3.63) is 168 Å². The quantitative estimate of drug-likeness (QED) is 0.307. The van der Waals surface area contributed by atoms with Crippen LogP contribution >= 0.6 is 0 Å². The second kappa shape index (κ2) is 12.9. The van der Waals surface area contributed by atoms with E-state index in [-0.39, 0.29) is 27.7 Å². The standard InChI is InChI=1S/C37H34N4O3/c1-40-34(24-27-7-3-2-4-8-27)36(43)39-33(37(40)44)23-28-11-15-30(16-12-28)35(42)38-32-17-13-26(14-18-32)19-21-41-22-20-29-9-5-6-10-31(29)25-41/h2-18,23-24H,19-22,25H2,1H3,(H,38,42)(H,39,43). The monoisotopic (exact) mass is 582 g/mol. The molecular formula is C37H34N4O3. The summed E-state index contributed by atoms with van der Waals surface area (Å²) in [5.41, 5.74) is 6.18. The van der Waals surface area contributed by atoms with Crippen molar-refractivity contribution in [2.24, 2.45) is 7.05 Å². The lowest BCUT2D eigenvalue weighted by molar-refractivity contribution is 0.102. The van der Waals surface area contributed by atoms with Crippen molar-refractivity contribution >= 4 is 23.7 Å². The number of fused-ring (bicyclic) bond motifs is 1. The Kier molecular flexibility index (Phi) is 8.48. The number of aromatic nitrogens is 2. The fourth-order valence-corrected chi connectivity index (χ4v) is 5.54. The molecule has 0 unspecified atom stereocenters. The Morgan fingerprint density at radius 3 is 2.25 bits per heavy atom. The van der Waals surface area contributed by atoms with Gasteiger partial charge in [0.05, 0.1) is 0 Å². The molecule has 0 atom stereocenters. The molecule has 0 saturated carbocycles. The molecule has 1 aromatic heterocycles. The van der Waals surface area contributed by atoms with Crippen molar-refractivity contribution in [3.63, 3.8) is 0 Å². The van der Waals surface area contributed by atoms with Gasteiger partial charge in [-0.15, -0.1) is 0 Å². The minimum absolute atomic E-state index is 0.171. The highest BCUT2D eigenvalue weighted by atomic mass is 16.2. The van der Waals surface area contributed by atoms with Crippen molar-refractivity contribution in [2.45, 2.75) is 19.4 Å². The van der Waals surface area contributed by atoms with E-state index >= 15 is 0 Å². The molecule has 1 aliphatic heterocycles. The Balaban J connectivity index is 1.08. The predicted molar refractivity (Wildman–Crippen MR) is 175 cm³/mol. The second-order valence-corrected chi connectivity index (χ2v) is 11.1. The lowest BCUT2D eigenvalue weighted by Gasteiger charge is -2.28. The molecule has 0 radical (unpaired) electrons. The molecule has 0 fully saturated rings. The summed E-state index contributed by atoms with van der Waals surface area (Å²) in [6.07, 6.45) is 5.34. The van der Waals surface area contributed by atoms with Crippen molar-refractivity contribution in [1.29, 1.82) is 0 Å². The molecular weight excluding hydrogens is 548 g/mol. The van der Waals surface area contributed by atoms with Crippen LogP contribution in [-0.2, 0) is 26.4 Å². The minimum atomic E-state index is -0.360. The van der Waals surface area contributed by atoms with Crippen LogP contribution in [0.1, 0.15) is 38.2 Å². The van der Waals surface area contributed by atoms with Crippen LogP contribution in [0, 0.1) is 0 Å². The van der Waals surface area contributed by atoms with E-state index in [9.17, 15) is 14.4 Å². The number of aromatic amines is 1. The summed E-state index contributed by atoms with van der Waals surface area (Å²) < 4.78 is 1.34. The van der Waals surface area contributed by atoms with Gasteiger partial charge >= 0.3 is 0 Å². The Labute approximate surface area is 255 Å². The number of anilines is 1. The van der Waals surface area contributed by atoms with Crippen molar-refractivity contribution < 1.29 is 4.79 Å². The lowest BCUT2D eigenvalue weighted by atomic mass is 9.99. The summed E-state index contributed by atoms with van der Waals surface area (Å²) in [6.45, 7) is 3.07. The highest BCUT2D eigenvalue weighted by Gasteiger charge is 2.15. The second-order valence-electron chi connectivity index (χ2n) is 11.1. The molecule has 4 aromatic carbocycles. The topological polar surface area (TPSA) is 87.2 Å². The predicted octanol–water partition coefficient (Wildman–Crippen LogP) is 3.58. The van der Waals surface area contributed by atoms with Gasteiger partial charge in [-0.2, -0.15) is 0 Å². The van der Waals surface area contributed by atoms with Gasteiger partial charge in [0, 0.05) is 37.9 Å². The number of hydrogen-bond acceptors (Lipinski definition) is 4. The van der Waals surface area contributed by atoms with Crippen LogP contribution in [0.5, 0.6) is 0 Å². The normalized spacial score (nSPS) is 13.9. The number of nitrogens with zero attached hydrogens (tertiary/aromatic N) is 2. The first-order valence-electron chi connectivity index (χ1n) is 14.8. The molecule has 0 bridgehead atoms. The lowest BCUT2D eigenvalue weighted by Crippen LogP contribution is -2.52. The zero-order valence-corrected chi connectivity index (χ0v) is 24.6. The van der Waals surface area contributed by atoms with Crippen LogP contribution in [0.25, 0.3) is 12.2 Å². The Morgan fingerprint density at radius 1 is 0.818 bits per heavy atom. The highest BCUT2D eigenvalue weighted by Crippen LogP contribution is 2.19. The molecule has 1 aliphatic rings. The number of carbonyl (C=O) groups is 1. The van der Waals surface area contributed by atoms with Crippen LogP contribution in [0.4, 0.5) is 5.69 Å². The van der Waals surface area contributed by atoms with Crippen LogP contribution in [0.2, 0.25) is 0 Å². The Bertz CT molecular complexity index is 2030. The Hall–Kier alpha value is -5.27. The van der Waals surface area contributed by atoms with E-state index in [1.807, 2.05) is 42.5 Å². The molecule has 1 amide bonds. The molecule has 44 heavy (non-hydrogen) atoms. The summed E-state index contributed by atoms with van der Waals surface area (Å²) in [5.74, 6) is -0.221. The first-order chi connectivity index (χ1) is 21.4. The van der Waals surface area contributed by atoms with Crippen molar-refractivity contribution in [3.8, 4) is 0 Å². The third kappa shape index (κ3) is 6.69. The summed E-state index contributed by atoms with van der Waals surface area (Å²) in [5, 5.41) is 3.40. The van der Waals surface area contributed by atoms with E-state index in [2.05, 4.69) is 51.6 Å². The molecule has 220 valence electrons. The summed E-state index contributed by atoms with van der Waals surface area (Å²) in [4.78, 5) is 43.9. The van der Waals surface area contributed by atoms with Gasteiger partial charge in [-0.3, -0.25) is 19.3 Å². The molecule has 0 spiro atoms. The molecule has 2 N–H and O–H groups in total. The van der Waals surface area contributed by atoms with Gasteiger partial charge < -0.3 is 14.9 Å². The molecule has 2 heterocycles. The number of nitrogens with one attached hydrogen (secondary N) is 2. The fourth-order valence-electron chi connectivity index (χ4n) is 5.54. The first-order valence-corrected chi connectivity index (χ1v) is 14.8. The fraction of sp³-hybridized carbons (Fsp3) is 0.162. The number of H-pyrrole nitrogens is 1. The number of amides is 1. The van der Waals surface area contributed by atoms with Gasteiger partial charge in [0.2, 0.25) is 0 Å². The average molecular weight is 583 g/mol. The van der Waals surface area contributed by atoms with Crippen LogP contribution in [0.15, 0.2) is 113 Å². The molecule has 5 aromatic rings. The maximum Gasteiger partial charge on any atom is 0.274 e. The smallest absolute Gasteiger partial charge is 0.274 e. The van der Waals surface area contributed by atoms with Crippen LogP contribution in [0.3, 0.4) is 0 Å². The van der Waals surface area contributed by atoms with Gasteiger partial charge in [-0.05, 0) is 77.1 Å². The number of benzene rings is 4. The zero-order valence-electron chi connectivity index (χ0n) is 24.6. The SMILES string of the molecule is Cn1c(=O)c(=Cc2ccc(C(=O)Nc3ccc(CCN4CCc5ccccc5C4)cc3)cc2)[nH]c(=O)c1=Cc1ccccc1. The van der Waals surface area contributed by atoms with Gasteiger partial charge in [0.1, 0.15) is 10.7 Å². The average Bonchev–Trinajstić information content (AvgIpc) is 3.06. The maximum absolute atomic E-state index is 13.0. The highest BCUT2D eigenvalue weighted by molar-refractivity contribution is 6.04. The van der Waals surface area contributed by atoms with E-state index in [1.165, 1.54) is 21.3 Å². The van der Waals surface area contributed by atoms with Gasteiger partial charge in [-0.25, -0.2) is 0 Å². The van der Waals surface area contributed by atoms with E-state index in [1.54, 1.807) is 43.5 Å². The molecule has 0 aliphatic carbocycles. The van der Waals surface area contributed by atoms with E-state index in [0.717, 1.165) is 43.7 Å². The Morgan fingerprint density at radius 2 is 1.50 bits per heavy atom. The maximum atomic E-state index is 13.0. The summed E-state index contributed by atoms with van der Waals surface area (Å²) >= 11 is 0. The number of carbonyl (C=O) groups excluding carboxylic acids is 1. The minimum Gasteiger partial charge on any atom is -0.322 e. The van der Waals surface area contributed by atoms with Crippen molar-refractivity contribution in [2.75, 3.05) is 18.4 Å². The van der Waals surface area contributed by atoms with Crippen LogP contribution < -0.4 is 27.1 Å². The van der Waals surface area contributed by atoms with Crippen molar-refractivity contribution in [1.82, 2.24) is 14.5 Å². The number of hydrogen-bond donors (Lipinski definition) is 2. The van der Waals surface area contributed by atoms with E-state index in [4.69, 9.17) is 0 Å². The largest absolute Gasteiger partial charge is 0.322 e. The van der Waals surface area contributed by atoms with Crippen LogP contribution in [-0.4, -0.2) is 33.4 Å². The van der Waals surface area contributed by atoms with Gasteiger partial charge in [0.25, 0.3) is 17.0 Å². The third-order valence-corrected chi connectivity index (χ3v) is 8.10. The third-order valence-electron chi connectivity index (χ3n) is 8.10. The van der Waals surface area contributed by atoms with E-state index in [0.29, 0.717) is 11.1 Å². The molecule has 0 saturated heterocycles. The van der Waals surface area contributed by atoms with E-state index < -0.39 is 0 Å².